The zero-order valence-corrected chi connectivity index (χ0v) is 9.19. The molecule has 0 fully saturated rings. The van der Waals surface area contributed by atoms with E-state index in [4.69, 9.17) is 10.4 Å². The maximum atomic E-state index is 10.7. The highest BCUT2D eigenvalue weighted by Crippen LogP contribution is 2.09. The van der Waals surface area contributed by atoms with E-state index in [1.165, 1.54) is 12.3 Å². The molecule has 0 atom stereocenters. The third-order valence-corrected chi connectivity index (χ3v) is 2.20. The average Bonchev–Trinajstić information content (AvgIpc) is 2.90. The molecule has 0 aliphatic carbocycles. The lowest BCUT2D eigenvalue weighted by atomic mass is 10.2. The van der Waals surface area contributed by atoms with E-state index in [1.54, 1.807) is 41.5 Å². The van der Waals surface area contributed by atoms with Crippen molar-refractivity contribution in [2.45, 2.75) is 0 Å². The summed E-state index contributed by atoms with van der Waals surface area (Å²) in [7, 11) is 0. The predicted molar refractivity (Wildman–Crippen MR) is 62.6 cm³/mol. The fourth-order valence-electron chi connectivity index (χ4n) is 1.34. The zero-order valence-electron chi connectivity index (χ0n) is 9.19. The highest BCUT2D eigenvalue weighted by molar-refractivity contribution is 5.96. The highest BCUT2D eigenvalue weighted by atomic mass is 16.4. The molecule has 88 valence electrons. The second-order valence-electron chi connectivity index (χ2n) is 3.39. The maximum absolute atomic E-state index is 10.7. The summed E-state index contributed by atoms with van der Waals surface area (Å²) in [5.74, 6) is -0.588. The number of rotatable bonds is 3. The molecule has 2 aromatic rings. The molecule has 2 heterocycles. The first kappa shape index (κ1) is 11.5. The van der Waals surface area contributed by atoms with E-state index < -0.39 is 5.97 Å². The van der Waals surface area contributed by atoms with Gasteiger partial charge in [-0.15, -0.1) is 0 Å². The summed E-state index contributed by atoms with van der Waals surface area (Å²) in [6.07, 6.45) is 7.75. The van der Waals surface area contributed by atoms with Crippen molar-refractivity contribution in [1.82, 2.24) is 14.5 Å². The molecule has 0 aromatic carbocycles. The molecule has 6 heteroatoms. The molecule has 1 N–H and O–H groups in total. The molecular weight excluding hydrogens is 232 g/mol. The largest absolute Gasteiger partial charge is 0.477 e. The van der Waals surface area contributed by atoms with Crippen molar-refractivity contribution in [3.8, 4) is 11.9 Å². The van der Waals surface area contributed by atoms with E-state index >= 15 is 0 Å². The lowest BCUT2D eigenvalue weighted by Crippen LogP contribution is -1.98. The van der Waals surface area contributed by atoms with Gasteiger partial charge in [-0.05, 0) is 23.8 Å². The molecule has 0 amide bonds. The number of imidazole rings is 1. The van der Waals surface area contributed by atoms with Gasteiger partial charge >= 0.3 is 5.97 Å². The fraction of sp³-hybridized carbons (Fsp3) is 0. The first-order chi connectivity index (χ1) is 8.70. The summed E-state index contributed by atoms with van der Waals surface area (Å²) in [5, 5.41) is 17.3. The first-order valence-corrected chi connectivity index (χ1v) is 5.00. The van der Waals surface area contributed by atoms with Crippen LogP contribution in [0.1, 0.15) is 5.56 Å². The number of aromatic nitrogens is 3. The molecule has 0 spiro atoms. The van der Waals surface area contributed by atoms with Crippen LogP contribution in [0.2, 0.25) is 0 Å². The van der Waals surface area contributed by atoms with Crippen LogP contribution < -0.4 is 0 Å². The van der Waals surface area contributed by atoms with Gasteiger partial charge in [-0.25, -0.2) is 14.8 Å². The Hall–Kier alpha value is -2.94. The van der Waals surface area contributed by atoms with Gasteiger partial charge in [0.1, 0.15) is 23.8 Å². The van der Waals surface area contributed by atoms with Gasteiger partial charge in [-0.1, -0.05) is 0 Å². The van der Waals surface area contributed by atoms with Gasteiger partial charge in [0, 0.05) is 18.6 Å². The average molecular weight is 240 g/mol. The molecule has 0 saturated heterocycles. The van der Waals surface area contributed by atoms with Crippen LogP contribution >= 0.6 is 0 Å². The number of carboxylic acids is 1. The zero-order chi connectivity index (χ0) is 13.0. The van der Waals surface area contributed by atoms with Crippen molar-refractivity contribution in [3.05, 3.63) is 48.2 Å². The van der Waals surface area contributed by atoms with Crippen molar-refractivity contribution in [2.24, 2.45) is 0 Å². The number of hydrogen-bond acceptors (Lipinski definition) is 4. The summed E-state index contributed by atoms with van der Waals surface area (Å²) in [6, 6.07) is 5.01. The van der Waals surface area contributed by atoms with Crippen molar-refractivity contribution < 1.29 is 9.90 Å². The van der Waals surface area contributed by atoms with Crippen molar-refractivity contribution >= 4 is 12.0 Å². The Balaban J connectivity index is 2.29. The fourth-order valence-corrected chi connectivity index (χ4v) is 1.34. The Labute approximate surface area is 102 Å². The van der Waals surface area contributed by atoms with Crippen LogP contribution in [0.5, 0.6) is 0 Å². The molecule has 0 aliphatic rings. The van der Waals surface area contributed by atoms with Gasteiger partial charge in [-0.2, -0.15) is 5.26 Å². The van der Waals surface area contributed by atoms with E-state index in [2.05, 4.69) is 9.97 Å². The summed E-state index contributed by atoms with van der Waals surface area (Å²) in [5.41, 5.74) is 0.227. The number of nitriles is 1. The molecule has 0 unspecified atom stereocenters. The number of carboxylic acid groups (broad SMARTS) is 1. The second kappa shape index (κ2) is 4.93. The van der Waals surface area contributed by atoms with E-state index in [9.17, 15) is 4.79 Å². The summed E-state index contributed by atoms with van der Waals surface area (Å²) in [6.45, 7) is 0. The SMILES string of the molecule is N#CC(=Cc1ccc(-n2ccnc2)nc1)C(=O)O. The molecule has 0 radical (unpaired) electrons. The Morgan fingerprint density at radius 2 is 2.33 bits per heavy atom. The van der Waals surface area contributed by atoms with Crippen molar-refractivity contribution in [3.63, 3.8) is 0 Å². The van der Waals surface area contributed by atoms with Crippen LogP contribution in [0.25, 0.3) is 11.9 Å². The number of nitrogens with zero attached hydrogens (tertiary/aromatic N) is 4. The summed E-state index contributed by atoms with van der Waals surface area (Å²) < 4.78 is 1.72. The standard InChI is InChI=1S/C12H8N4O2/c13-6-10(12(17)18)5-9-1-2-11(15-7-9)16-4-3-14-8-16/h1-5,7-8H,(H,17,18). The minimum absolute atomic E-state index is 0.327. The third kappa shape index (κ3) is 2.41. The number of hydrogen-bond donors (Lipinski definition) is 1. The minimum Gasteiger partial charge on any atom is -0.477 e. The van der Waals surface area contributed by atoms with Gasteiger partial charge in [0.25, 0.3) is 0 Å². The Morgan fingerprint density at radius 1 is 1.50 bits per heavy atom. The van der Waals surface area contributed by atoms with Gasteiger partial charge in [0.2, 0.25) is 0 Å². The van der Waals surface area contributed by atoms with Crippen molar-refractivity contribution in [2.75, 3.05) is 0 Å². The molecule has 6 nitrogen and oxygen atoms in total. The number of pyridine rings is 1. The smallest absolute Gasteiger partial charge is 0.346 e. The molecule has 0 saturated carbocycles. The molecule has 2 rings (SSSR count). The monoisotopic (exact) mass is 240 g/mol. The quantitative estimate of drug-likeness (QED) is 0.644. The van der Waals surface area contributed by atoms with Crippen molar-refractivity contribution in [1.29, 1.82) is 5.26 Å². The topological polar surface area (TPSA) is 91.8 Å². The lowest BCUT2D eigenvalue weighted by Gasteiger charge is -2.00. The summed E-state index contributed by atoms with van der Waals surface area (Å²) >= 11 is 0. The minimum atomic E-state index is -1.25. The molecule has 2 aromatic heterocycles. The number of aliphatic carboxylic acids is 1. The van der Waals surface area contributed by atoms with Crippen LogP contribution in [0, 0.1) is 11.3 Å². The van der Waals surface area contributed by atoms with Crippen LogP contribution in [-0.2, 0) is 4.79 Å². The normalized spacial score (nSPS) is 10.9. The van der Waals surface area contributed by atoms with Crippen LogP contribution in [0.3, 0.4) is 0 Å². The van der Waals surface area contributed by atoms with E-state index in [0.29, 0.717) is 11.4 Å². The predicted octanol–water partition coefficient (Wildman–Crippen LogP) is 1.26. The third-order valence-electron chi connectivity index (χ3n) is 2.20. The van der Waals surface area contributed by atoms with Crippen LogP contribution in [-0.4, -0.2) is 25.6 Å². The lowest BCUT2D eigenvalue weighted by molar-refractivity contribution is -0.132. The summed E-state index contributed by atoms with van der Waals surface area (Å²) in [4.78, 5) is 18.7. The Morgan fingerprint density at radius 3 is 2.83 bits per heavy atom. The maximum Gasteiger partial charge on any atom is 0.346 e. The highest BCUT2D eigenvalue weighted by Gasteiger charge is 2.05. The first-order valence-electron chi connectivity index (χ1n) is 5.00. The van der Waals surface area contributed by atoms with Gasteiger partial charge in [0.05, 0.1) is 0 Å². The Kier molecular flexibility index (Phi) is 3.16. The molecule has 18 heavy (non-hydrogen) atoms. The van der Waals surface area contributed by atoms with Crippen LogP contribution in [0.15, 0.2) is 42.6 Å². The van der Waals surface area contributed by atoms with Gasteiger partial charge < -0.3 is 5.11 Å². The van der Waals surface area contributed by atoms with Crippen LogP contribution in [0.4, 0.5) is 0 Å². The molecular formula is C12H8N4O2. The molecule has 0 aliphatic heterocycles. The van der Waals surface area contributed by atoms with E-state index in [-0.39, 0.29) is 5.57 Å². The van der Waals surface area contributed by atoms with E-state index in [1.807, 2.05) is 0 Å². The van der Waals surface area contributed by atoms with E-state index in [0.717, 1.165) is 0 Å². The number of carbonyl (C=O) groups is 1. The second-order valence-corrected chi connectivity index (χ2v) is 3.39. The molecule has 0 bridgehead atoms. The Bertz CT molecular complexity index is 621. The van der Waals surface area contributed by atoms with Gasteiger partial charge in [-0.3, -0.25) is 4.57 Å². The van der Waals surface area contributed by atoms with Gasteiger partial charge in [0.15, 0.2) is 0 Å².